The minimum atomic E-state index is -0.995. The molecule has 2 atom stereocenters. The topological polar surface area (TPSA) is 129 Å². The summed E-state index contributed by atoms with van der Waals surface area (Å²) in [6.45, 7) is 3.60. The molecule has 8 heteroatoms. The average Bonchev–Trinajstić information content (AvgIpc) is 3.15. The average molecular weight is 478 g/mol. The van der Waals surface area contributed by atoms with Crippen LogP contribution in [0.2, 0.25) is 0 Å². The van der Waals surface area contributed by atoms with Crippen molar-refractivity contribution in [2.45, 2.75) is 45.1 Å². The predicted octanol–water partition coefficient (Wildman–Crippen LogP) is 4.06. The number of amides is 2. The number of carbonyl (C=O) groups is 3. The lowest BCUT2D eigenvalue weighted by atomic mass is 9.96. The van der Waals surface area contributed by atoms with Crippen LogP contribution < -0.4 is 10.6 Å². The SMILES string of the molecule is CC(C)C(CNC(=O)C(CCCC#N)NC(=O)OCC1c2ccccc2-c2ccccc21)C(=O)O. The molecule has 8 nitrogen and oxygen atoms in total. The fourth-order valence-corrected chi connectivity index (χ4v) is 4.38. The van der Waals surface area contributed by atoms with Gasteiger partial charge in [0.1, 0.15) is 12.6 Å². The number of nitrogens with zero attached hydrogens (tertiary/aromatic N) is 1. The van der Waals surface area contributed by atoms with Gasteiger partial charge >= 0.3 is 12.1 Å². The van der Waals surface area contributed by atoms with Crippen LogP contribution in [0.25, 0.3) is 11.1 Å². The van der Waals surface area contributed by atoms with Crippen molar-refractivity contribution >= 4 is 18.0 Å². The van der Waals surface area contributed by atoms with E-state index in [4.69, 9.17) is 10.00 Å². The first-order valence-corrected chi connectivity index (χ1v) is 11.8. The zero-order valence-electron chi connectivity index (χ0n) is 20.0. The number of carbonyl (C=O) groups excluding carboxylic acids is 2. The zero-order valence-corrected chi connectivity index (χ0v) is 20.0. The van der Waals surface area contributed by atoms with E-state index >= 15 is 0 Å². The first kappa shape index (κ1) is 25.8. The highest BCUT2D eigenvalue weighted by Gasteiger charge is 2.30. The van der Waals surface area contributed by atoms with Crippen molar-refractivity contribution in [3.05, 3.63) is 59.7 Å². The highest BCUT2D eigenvalue weighted by atomic mass is 16.5. The zero-order chi connectivity index (χ0) is 25.4. The molecule has 0 aromatic heterocycles. The molecule has 0 radical (unpaired) electrons. The minimum absolute atomic E-state index is 0.0487. The van der Waals surface area contributed by atoms with Gasteiger partial charge in [-0.2, -0.15) is 5.26 Å². The number of aliphatic carboxylic acids is 1. The molecule has 3 N–H and O–H groups in total. The van der Waals surface area contributed by atoms with Crippen LogP contribution in [0.5, 0.6) is 0 Å². The lowest BCUT2D eigenvalue weighted by Crippen LogP contribution is -2.49. The maximum Gasteiger partial charge on any atom is 0.407 e. The number of hydrogen-bond donors (Lipinski definition) is 3. The second-order valence-corrected chi connectivity index (χ2v) is 9.01. The third-order valence-corrected chi connectivity index (χ3v) is 6.35. The Morgan fingerprint density at radius 3 is 2.20 bits per heavy atom. The summed E-state index contributed by atoms with van der Waals surface area (Å²) in [7, 11) is 0. The van der Waals surface area contributed by atoms with Crippen molar-refractivity contribution in [3.8, 4) is 17.2 Å². The van der Waals surface area contributed by atoms with E-state index in [1.165, 1.54) is 0 Å². The van der Waals surface area contributed by atoms with Crippen LogP contribution in [-0.4, -0.2) is 42.3 Å². The van der Waals surface area contributed by atoms with E-state index in [1.54, 1.807) is 13.8 Å². The fraction of sp³-hybridized carbons (Fsp3) is 0.407. The third kappa shape index (κ3) is 6.38. The van der Waals surface area contributed by atoms with Crippen LogP contribution in [0.1, 0.15) is 50.2 Å². The van der Waals surface area contributed by atoms with E-state index in [2.05, 4.69) is 10.6 Å². The first-order chi connectivity index (χ1) is 16.8. The number of nitriles is 1. The van der Waals surface area contributed by atoms with Crippen molar-refractivity contribution in [1.82, 2.24) is 10.6 Å². The highest BCUT2D eigenvalue weighted by Crippen LogP contribution is 2.44. The lowest BCUT2D eigenvalue weighted by Gasteiger charge is -2.21. The maximum atomic E-state index is 12.8. The van der Waals surface area contributed by atoms with Gasteiger partial charge in [-0.15, -0.1) is 0 Å². The van der Waals surface area contributed by atoms with Gasteiger partial charge in [0.25, 0.3) is 0 Å². The Morgan fingerprint density at radius 1 is 1.06 bits per heavy atom. The van der Waals surface area contributed by atoms with Crippen molar-refractivity contribution in [2.75, 3.05) is 13.2 Å². The van der Waals surface area contributed by atoms with Crippen LogP contribution in [0.4, 0.5) is 4.79 Å². The summed E-state index contributed by atoms with van der Waals surface area (Å²) in [5.74, 6) is -2.51. The molecule has 0 fully saturated rings. The molecule has 0 heterocycles. The van der Waals surface area contributed by atoms with Gasteiger partial charge in [-0.3, -0.25) is 9.59 Å². The molecule has 0 bridgehead atoms. The second kappa shape index (κ2) is 12.0. The maximum absolute atomic E-state index is 12.8. The number of ether oxygens (including phenoxy) is 1. The Morgan fingerprint density at radius 2 is 1.66 bits per heavy atom. The predicted molar refractivity (Wildman–Crippen MR) is 130 cm³/mol. The van der Waals surface area contributed by atoms with E-state index in [-0.39, 0.29) is 37.8 Å². The van der Waals surface area contributed by atoms with Crippen LogP contribution in [0.15, 0.2) is 48.5 Å². The van der Waals surface area contributed by atoms with Crippen molar-refractivity contribution in [2.24, 2.45) is 11.8 Å². The van der Waals surface area contributed by atoms with Gasteiger partial charge in [0.15, 0.2) is 0 Å². The molecule has 2 aromatic rings. The van der Waals surface area contributed by atoms with E-state index < -0.39 is 29.9 Å². The normalized spacial score (nSPS) is 13.8. The number of nitrogens with one attached hydrogen (secondary N) is 2. The van der Waals surface area contributed by atoms with E-state index in [0.717, 1.165) is 22.3 Å². The fourth-order valence-electron chi connectivity index (χ4n) is 4.38. The van der Waals surface area contributed by atoms with E-state index in [9.17, 15) is 19.5 Å². The Labute approximate surface area is 205 Å². The number of carboxylic acids is 1. The van der Waals surface area contributed by atoms with Gasteiger partial charge in [0.2, 0.25) is 5.91 Å². The van der Waals surface area contributed by atoms with Crippen molar-refractivity contribution < 1.29 is 24.2 Å². The Bertz CT molecular complexity index is 1060. The monoisotopic (exact) mass is 477 g/mol. The first-order valence-electron chi connectivity index (χ1n) is 11.8. The lowest BCUT2D eigenvalue weighted by molar-refractivity contribution is -0.143. The number of hydrogen-bond acceptors (Lipinski definition) is 5. The van der Waals surface area contributed by atoms with Crippen molar-refractivity contribution in [3.63, 3.8) is 0 Å². The molecular formula is C27H31N3O5. The van der Waals surface area contributed by atoms with Crippen molar-refractivity contribution in [1.29, 1.82) is 5.26 Å². The molecule has 1 aliphatic carbocycles. The van der Waals surface area contributed by atoms with Crippen LogP contribution in [0.3, 0.4) is 0 Å². The summed E-state index contributed by atoms with van der Waals surface area (Å²) >= 11 is 0. The number of carboxylic acid groups (broad SMARTS) is 1. The minimum Gasteiger partial charge on any atom is -0.481 e. The molecule has 184 valence electrons. The number of benzene rings is 2. The van der Waals surface area contributed by atoms with Gasteiger partial charge in [0.05, 0.1) is 12.0 Å². The number of alkyl carbamates (subject to hydrolysis) is 1. The molecule has 2 unspecified atom stereocenters. The molecule has 0 saturated carbocycles. The number of fused-ring (bicyclic) bond motifs is 3. The summed E-state index contributed by atoms with van der Waals surface area (Å²) in [6.07, 6.45) is 0.149. The largest absolute Gasteiger partial charge is 0.481 e. The molecule has 1 aliphatic rings. The molecule has 2 amide bonds. The smallest absolute Gasteiger partial charge is 0.407 e. The molecule has 2 aromatic carbocycles. The van der Waals surface area contributed by atoms with E-state index in [1.807, 2.05) is 54.6 Å². The standard InChI is InChI=1S/C27H31N3O5/c1-17(2)22(26(32)33)15-29-25(31)24(13-7-8-14-28)30-27(34)35-16-23-20-11-5-3-9-18(20)19-10-4-6-12-21(19)23/h3-6,9-12,17,22-24H,7-8,13,15-16H2,1-2H3,(H,29,31)(H,30,34)(H,32,33). The molecule has 0 saturated heterocycles. The summed E-state index contributed by atoms with van der Waals surface area (Å²) in [6, 6.07) is 17.1. The summed E-state index contributed by atoms with van der Waals surface area (Å²) in [4.78, 5) is 36.8. The second-order valence-electron chi connectivity index (χ2n) is 9.01. The summed E-state index contributed by atoms with van der Waals surface area (Å²) in [5.41, 5.74) is 4.39. The molecule has 35 heavy (non-hydrogen) atoms. The number of rotatable bonds is 11. The van der Waals surface area contributed by atoms with Gasteiger partial charge in [-0.25, -0.2) is 4.79 Å². The molecular weight excluding hydrogens is 446 g/mol. The summed E-state index contributed by atoms with van der Waals surface area (Å²) in [5, 5.41) is 23.4. The molecule has 3 rings (SSSR count). The van der Waals surface area contributed by atoms with Crippen LogP contribution >= 0.6 is 0 Å². The van der Waals surface area contributed by atoms with Crippen LogP contribution in [-0.2, 0) is 14.3 Å². The Hall–Kier alpha value is -3.86. The number of unbranched alkanes of at least 4 members (excludes halogenated alkanes) is 1. The van der Waals surface area contributed by atoms with E-state index in [0.29, 0.717) is 6.42 Å². The van der Waals surface area contributed by atoms with Gasteiger partial charge in [-0.05, 0) is 41.0 Å². The highest BCUT2D eigenvalue weighted by molar-refractivity contribution is 5.86. The molecule has 0 aliphatic heterocycles. The summed E-state index contributed by atoms with van der Waals surface area (Å²) < 4.78 is 5.54. The third-order valence-electron chi connectivity index (χ3n) is 6.35. The van der Waals surface area contributed by atoms with Gasteiger partial charge in [0, 0.05) is 18.9 Å². The molecule has 0 spiro atoms. The Balaban J connectivity index is 1.63. The van der Waals surface area contributed by atoms with Gasteiger partial charge in [-0.1, -0.05) is 62.4 Å². The Kier molecular flexibility index (Phi) is 8.85. The van der Waals surface area contributed by atoms with Crippen LogP contribution in [0, 0.1) is 23.2 Å². The van der Waals surface area contributed by atoms with Gasteiger partial charge < -0.3 is 20.5 Å². The quantitative estimate of drug-likeness (QED) is 0.419.